The van der Waals surface area contributed by atoms with Crippen molar-refractivity contribution < 1.29 is 40.7 Å². The summed E-state index contributed by atoms with van der Waals surface area (Å²) in [5.41, 5.74) is -0.954. The molecule has 14 heteroatoms. The van der Waals surface area contributed by atoms with E-state index < -0.39 is 39.0 Å². The van der Waals surface area contributed by atoms with Gasteiger partial charge in [0.1, 0.15) is 17.2 Å². The lowest BCUT2D eigenvalue weighted by Crippen LogP contribution is -2.50. The number of carbonyl (C=O) groups is 2. The van der Waals surface area contributed by atoms with Crippen LogP contribution in [0.1, 0.15) is 47.9 Å². The number of halogens is 4. The molecule has 224 valence electrons. The predicted molar refractivity (Wildman–Crippen MR) is 146 cm³/mol. The molecule has 2 aromatic rings. The molecule has 2 saturated heterocycles. The Balaban J connectivity index is 1.28. The molecule has 9 nitrogen and oxygen atoms in total. The van der Waals surface area contributed by atoms with Gasteiger partial charge in [-0.2, -0.15) is 17.5 Å². The fraction of sp³-hybridized carbons (Fsp3) is 0.393. The maximum absolute atomic E-state index is 13.7. The molecule has 42 heavy (non-hydrogen) atoms. The predicted octanol–water partition coefficient (Wildman–Crippen LogP) is 3.35. The Morgan fingerprint density at radius 2 is 1.86 bits per heavy atom. The van der Waals surface area contributed by atoms with Crippen LogP contribution in [0.5, 0.6) is 0 Å². The summed E-state index contributed by atoms with van der Waals surface area (Å²) in [5.74, 6) is -2.21. The van der Waals surface area contributed by atoms with Crippen molar-refractivity contribution in [3.8, 4) is 0 Å². The van der Waals surface area contributed by atoms with Crippen LogP contribution >= 0.6 is 0 Å². The van der Waals surface area contributed by atoms with E-state index in [-0.39, 0.29) is 55.9 Å². The highest BCUT2D eigenvalue weighted by atomic mass is 32.2. The molecule has 0 saturated carbocycles. The van der Waals surface area contributed by atoms with Gasteiger partial charge in [-0.05, 0) is 73.7 Å². The number of aliphatic imine (C=N–C) groups is 1. The summed E-state index contributed by atoms with van der Waals surface area (Å²) in [5, 5.41) is 13.1. The van der Waals surface area contributed by atoms with Gasteiger partial charge < -0.3 is 15.3 Å². The summed E-state index contributed by atoms with van der Waals surface area (Å²) in [4.78, 5) is 31.0. The van der Waals surface area contributed by atoms with Crippen molar-refractivity contribution in [3.63, 3.8) is 0 Å². The molecule has 1 atom stereocenters. The first kappa shape index (κ1) is 29.9. The second-order valence-corrected chi connectivity index (χ2v) is 12.4. The van der Waals surface area contributed by atoms with Crippen molar-refractivity contribution in [2.24, 2.45) is 4.99 Å². The van der Waals surface area contributed by atoms with Gasteiger partial charge in [-0.25, -0.2) is 12.8 Å². The number of nitrogens with zero attached hydrogens (tertiary/aromatic N) is 3. The number of alkyl halides is 3. The van der Waals surface area contributed by atoms with Crippen molar-refractivity contribution in [3.05, 3.63) is 69.9 Å². The third kappa shape index (κ3) is 5.57. The molecule has 1 spiro atoms. The molecular weight excluding hydrogens is 580 g/mol. The molecule has 0 aromatic heterocycles. The second kappa shape index (κ2) is 10.9. The minimum Gasteiger partial charge on any atom is -0.394 e. The Kier molecular flexibility index (Phi) is 7.75. The Hall–Kier alpha value is -3.62. The van der Waals surface area contributed by atoms with Crippen LogP contribution in [0.3, 0.4) is 0 Å². The van der Waals surface area contributed by atoms with Crippen LogP contribution in [0.2, 0.25) is 0 Å². The molecule has 3 aliphatic rings. The fourth-order valence-corrected chi connectivity index (χ4v) is 6.69. The number of aliphatic hydroxyl groups excluding tert-OH is 1. The maximum atomic E-state index is 13.7. The van der Waals surface area contributed by atoms with Crippen LogP contribution in [0.15, 0.2) is 46.8 Å². The Morgan fingerprint density at radius 1 is 1.14 bits per heavy atom. The lowest BCUT2D eigenvalue weighted by Gasteiger charge is -2.34. The molecule has 2 amide bonds. The number of sulfonamides is 1. The molecule has 0 aliphatic carbocycles. The van der Waals surface area contributed by atoms with E-state index in [4.69, 9.17) is 0 Å². The van der Waals surface area contributed by atoms with Crippen LogP contribution in [0.4, 0.5) is 23.2 Å². The molecule has 2 fully saturated rings. The number of aliphatic hydroxyl groups is 1. The number of rotatable bonds is 6. The lowest BCUT2D eigenvalue weighted by molar-refractivity contribution is -0.140. The smallest absolute Gasteiger partial charge is 0.394 e. The van der Waals surface area contributed by atoms with Crippen molar-refractivity contribution >= 4 is 39.4 Å². The Labute approximate surface area is 239 Å². The molecule has 0 unspecified atom stereocenters. The molecule has 0 radical (unpaired) electrons. The van der Waals surface area contributed by atoms with Gasteiger partial charge in [0.25, 0.3) is 5.91 Å². The molecule has 0 bridgehead atoms. The van der Waals surface area contributed by atoms with E-state index in [1.807, 2.05) is 0 Å². The molecule has 3 aliphatic heterocycles. The van der Waals surface area contributed by atoms with Gasteiger partial charge in [0.2, 0.25) is 15.9 Å². The van der Waals surface area contributed by atoms with E-state index in [0.717, 1.165) is 17.0 Å². The summed E-state index contributed by atoms with van der Waals surface area (Å²) < 4.78 is 80.5. The van der Waals surface area contributed by atoms with Crippen molar-refractivity contribution in [2.45, 2.75) is 50.4 Å². The van der Waals surface area contributed by atoms with Crippen molar-refractivity contribution in [1.82, 2.24) is 9.62 Å². The normalized spacial score (nSPS) is 21.4. The Morgan fingerprint density at radius 3 is 2.50 bits per heavy atom. The molecule has 3 heterocycles. The number of anilines is 1. The zero-order valence-electron chi connectivity index (χ0n) is 22.5. The number of carbonyl (C=O) groups excluding carboxylic acids is 2. The topological polar surface area (TPSA) is 119 Å². The fourth-order valence-electron chi connectivity index (χ4n) is 5.51. The highest BCUT2D eigenvalue weighted by molar-refractivity contribution is 7.92. The van der Waals surface area contributed by atoms with E-state index >= 15 is 0 Å². The lowest BCUT2D eigenvalue weighted by atomic mass is 9.89. The first-order chi connectivity index (χ1) is 19.7. The van der Waals surface area contributed by atoms with Gasteiger partial charge in [0.05, 0.1) is 18.2 Å². The van der Waals surface area contributed by atoms with Crippen molar-refractivity contribution in [1.29, 1.82) is 0 Å². The van der Waals surface area contributed by atoms with E-state index in [2.05, 4.69) is 10.3 Å². The number of hydrogen-bond acceptors (Lipinski definition) is 6. The summed E-state index contributed by atoms with van der Waals surface area (Å²) in [6.07, 6.45) is -2.56. The zero-order valence-corrected chi connectivity index (χ0v) is 23.3. The van der Waals surface area contributed by atoms with Crippen LogP contribution < -0.4 is 10.2 Å². The summed E-state index contributed by atoms with van der Waals surface area (Å²) >= 11 is 0. The largest absolute Gasteiger partial charge is 0.419 e. The number of nitrogens with one attached hydrogen (secondary N) is 1. The molecule has 2 aromatic carbocycles. The minimum absolute atomic E-state index is 0.00629. The monoisotopic (exact) mass is 608 g/mol. The second-order valence-electron chi connectivity index (χ2n) is 10.6. The average molecular weight is 609 g/mol. The molecule has 2 N–H and O–H groups in total. The highest BCUT2D eigenvalue weighted by Gasteiger charge is 2.47. The standard InChI is InChI=1S/C28H28F4N4O5S/c1-17-14-20(36-21(16-37)5-7-24(36)38)4-2-18(17)8-13-42(40,41)35-11-9-27(10-12-35)26(39)33-25(34-27)19-3-6-23(29)22(15-19)28(30,31)32/h2-4,6,8,13-15,21,37H,5,7,9-12,16H2,1H3,(H,33,34,39)/b13-8+/t21-/m1/s1. The third-order valence-corrected chi connectivity index (χ3v) is 9.49. The van der Waals surface area contributed by atoms with Crippen LogP contribution in [-0.2, 0) is 25.8 Å². The van der Waals surface area contributed by atoms with Gasteiger partial charge in [0, 0.05) is 36.2 Å². The van der Waals surface area contributed by atoms with Gasteiger partial charge in [-0.15, -0.1) is 0 Å². The van der Waals surface area contributed by atoms with E-state index in [0.29, 0.717) is 36.2 Å². The zero-order chi connectivity index (χ0) is 30.4. The molecular formula is C28H28F4N4O5S. The minimum atomic E-state index is -4.93. The number of aryl methyl sites for hydroxylation is 1. The van der Waals surface area contributed by atoms with E-state index in [1.165, 1.54) is 10.4 Å². The SMILES string of the molecule is Cc1cc(N2C(=O)CC[C@@H]2CO)ccc1/C=C/S(=O)(=O)N1CCC2(CC1)N=C(c1ccc(F)c(C(F)(F)F)c1)NC2=O. The number of amides is 2. The number of amidine groups is 1. The van der Waals surface area contributed by atoms with Gasteiger partial charge in [0.15, 0.2) is 0 Å². The van der Waals surface area contributed by atoms with Crippen LogP contribution in [0.25, 0.3) is 6.08 Å². The van der Waals surface area contributed by atoms with Crippen LogP contribution in [-0.4, -0.2) is 66.8 Å². The average Bonchev–Trinajstić information content (AvgIpc) is 3.46. The molecule has 5 rings (SSSR count). The number of piperidine rings is 1. The highest BCUT2D eigenvalue weighted by Crippen LogP contribution is 2.35. The maximum Gasteiger partial charge on any atom is 0.419 e. The summed E-state index contributed by atoms with van der Waals surface area (Å²) in [6.45, 7) is 1.53. The summed E-state index contributed by atoms with van der Waals surface area (Å²) in [7, 11) is -3.89. The Bertz CT molecular complexity index is 1600. The first-order valence-corrected chi connectivity index (χ1v) is 14.7. The van der Waals surface area contributed by atoms with Crippen LogP contribution in [0, 0.1) is 12.7 Å². The van der Waals surface area contributed by atoms with Gasteiger partial charge >= 0.3 is 6.18 Å². The third-order valence-electron chi connectivity index (χ3n) is 7.92. The van der Waals surface area contributed by atoms with Crippen molar-refractivity contribution in [2.75, 3.05) is 24.6 Å². The number of hydrogen-bond donors (Lipinski definition) is 2. The van der Waals surface area contributed by atoms with E-state index in [9.17, 15) is 40.7 Å². The quantitative estimate of drug-likeness (QED) is 0.488. The summed E-state index contributed by atoms with van der Waals surface area (Å²) in [6, 6.07) is 7.19. The van der Waals surface area contributed by atoms with E-state index in [1.54, 1.807) is 30.0 Å². The number of benzene rings is 2. The van der Waals surface area contributed by atoms with Gasteiger partial charge in [-0.1, -0.05) is 6.07 Å². The van der Waals surface area contributed by atoms with Gasteiger partial charge in [-0.3, -0.25) is 14.6 Å². The first-order valence-electron chi connectivity index (χ1n) is 13.2.